The standard InChI is InChI=1S/C40H49FN6O9S/c1-2-26-21-40(26)37(50)45-57(53,54)34-18-8-7-16-31(34)42-19-9-5-3-4-6-17-32(43-38(51)55-27-13-11-14-27)36(49)47-23-28(20-33(47)35(48)44-40)56-39(52)46-22-25-12-10-15-30(41)29(25)24-46/h2,7-8,10,12,15-16,18,26-28,32-33,42H,1,3-6,9,11,13-14,17,19-24H2,(H,43,51)(H,44,48)(H,45,50)/t26-,28-,32+,33+,40-/m1/s1. The molecule has 2 aromatic rings. The van der Waals surface area contributed by atoms with Gasteiger partial charge < -0.3 is 30.3 Å². The fourth-order valence-corrected chi connectivity index (χ4v) is 9.28. The van der Waals surface area contributed by atoms with E-state index in [9.17, 15) is 36.8 Å². The van der Waals surface area contributed by atoms with Gasteiger partial charge in [-0.25, -0.2) is 27.1 Å². The number of rotatable bonds is 4. The van der Waals surface area contributed by atoms with E-state index in [2.05, 4.69) is 27.3 Å². The molecular weight excluding hydrogens is 760 g/mol. The molecule has 0 bridgehead atoms. The minimum absolute atomic E-state index is 0.0146. The Kier molecular flexibility index (Phi) is 11.7. The van der Waals surface area contributed by atoms with E-state index in [1.807, 2.05) is 0 Å². The highest BCUT2D eigenvalue weighted by Gasteiger charge is 2.61. The average Bonchev–Trinajstić information content (AvgIpc) is 3.45. The highest BCUT2D eigenvalue weighted by atomic mass is 32.2. The summed E-state index contributed by atoms with van der Waals surface area (Å²) >= 11 is 0. The number of fused-ring (bicyclic) bond motifs is 3. The van der Waals surface area contributed by atoms with Gasteiger partial charge in [0.25, 0.3) is 15.9 Å². The van der Waals surface area contributed by atoms with Gasteiger partial charge in [-0.15, -0.1) is 6.58 Å². The van der Waals surface area contributed by atoms with Gasteiger partial charge in [-0.2, -0.15) is 0 Å². The zero-order chi connectivity index (χ0) is 40.3. The Morgan fingerprint density at radius 3 is 2.44 bits per heavy atom. The molecule has 0 radical (unpaired) electrons. The number of carbonyl (C=O) groups is 5. The van der Waals surface area contributed by atoms with Gasteiger partial charge in [-0.05, 0) is 62.3 Å². The number of para-hydroxylation sites is 1. The maximum Gasteiger partial charge on any atom is 0.410 e. The van der Waals surface area contributed by atoms with Crippen molar-refractivity contribution >= 4 is 45.6 Å². The second kappa shape index (κ2) is 16.7. The number of hydrogen-bond acceptors (Lipinski definition) is 10. The number of hydrogen-bond donors (Lipinski definition) is 4. The number of amides is 5. The smallest absolute Gasteiger partial charge is 0.410 e. The molecular formula is C40H49FN6O9S. The van der Waals surface area contributed by atoms with Gasteiger partial charge in [0, 0.05) is 31.0 Å². The summed E-state index contributed by atoms with van der Waals surface area (Å²) < 4.78 is 55.4. The van der Waals surface area contributed by atoms with Crippen LogP contribution in [-0.4, -0.2) is 91.0 Å². The first kappa shape index (κ1) is 40.0. The largest absolute Gasteiger partial charge is 0.446 e. The molecule has 15 nitrogen and oxygen atoms in total. The quantitative estimate of drug-likeness (QED) is 0.325. The number of alkyl carbamates (subject to hydrolysis) is 1. The Morgan fingerprint density at radius 1 is 0.930 bits per heavy atom. The highest BCUT2D eigenvalue weighted by molar-refractivity contribution is 7.90. The number of anilines is 1. The normalized spacial score (nSPS) is 28.0. The van der Waals surface area contributed by atoms with Crippen LogP contribution in [0.1, 0.15) is 81.8 Å². The fraction of sp³-hybridized carbons (Fsp3) is 0.525. The third-order valence-electron chi connectivity index (χ3n) is 11.7. The zero-order valence-corrected chi connectivity index (χ0v) is 32.5. The SMILES string of the molecule is C=C[C@@H]1C[C@@]12NC(=O)[C@@H]1C[C@@H](OC(=O)N3Cc4cccc(F)c4C3)CN1C(=O)[C@@H](NC(=O)OC1CCC1)CCCCCCCNc1ccccc1S(=O)(=O)NC2=O. The van der Waals surface area contributed by atoms with E-state index in [-0.39, 0.29) is 49.9 Å². The molecule has 3 aliphatic heterocycles. The second-order valence-corrected chi connectivity index (χ2v) is 17.2. The Bertz CT molecular complexity index is 2030. The maximum absolute atomic E-state index is 14.5. The second-order valence-electron chi connectivity index (χ2n) is 15.6. The number of sulfonamides is 1. The summed E-state index contributed by atoms with van der Waals surface area (Å²) in [6.07, 6.45) is 4.86. The molecule has 17 heteroatoms. The summed E-state index contributed by atoms with van der Waals surface area (Å²) in [5, 5.41) is 8.63. The van der Waals surface area contributed by atoms with Gasteiger partial charge in [0.05, 0.1) is 18.8 Å². The average molecular weight is 809 g/mol. The number of carbonyl (C=O) groups excluding carboxylic acids is 5. The molecule has 5 atom stereocenters. The first-order valence-electron chi connectivity index (χ1n) is 19.7. The molecule has 7 rings (SSSR count). The Hall–Kier alpha value is -5.19. The summed E-state index contributed by atoms with van der Waals surface area (Å²) in [6, 6.07) is 8.48. The van der Waals surface area contributed by atoms with Crippen LogP contribution in [0.5, 0.6) is 0 Å². The molecule has 57 heavy (non-hydrogen) atoms. The van der Waals surface area contributed by atoms with Crippen molar-refractivity contribution in [2.24, 2.45) is 5.92 Å². The number of ether oxygens (including phenoxy) is 2. The monoisotopic (exact) mass is 808 g/mol. The van der Waals surface area contributed by atoms with E-state index in [0.717, 1.165) is 44.9 Å². The summed E-state index contributed by atoms with van der Waals surface area (Å²) in [6.45, 7) is 4.14. The molecule has 2 saturated carbocycles. The molecule has 3 heterocycles. The van der Waals surface area contributed by atoms with E-state index >= 15 is 0 Å². The van der Waals surface area contributed by atoms with Crippen LogP contribution in [0, 0.1) is 11.7 Å². The number of nitrogens with zero attached hydrogens (tertiary/aromatic N) is 2. The van der Waals surface area contributed by atoms with Crippen molar-refractivity contribution in [3.8, 4) is 0 Å². The third kappa shape index (κ3) is 8.72. The van der Waals surface area contributed by atoms with E-state index in [1.165, 1.54) is 28.0 Å². The van der Waals surface area contributed by atoms with Crippen molar-refractivity contribution in [1.29, 1.82) is 0 Å². The van der Waals surface area contributed by atoms with Gasteiger partial charge >= 0.3 is 12.2 Å². The van der Waals surface area contributed by atoms with E-state index < -0.39 is 75.4 Å². The lowest BCUT2D eigenvalue weighted by Crippen LogP contribution is -2.58. The Balaban J connectivity index is 1.15. The summed E-state index contributed by atoms with van der Waals surface area (Å²) in [5.74, 6) is -3.41. The van der Waals surface area contributed by atoms with Crippen molar-refractivity contribution in [2.75, 3.05) is 18.4 Å². The van der Waals surface area contributed by atoms with Crippen molar-refractivity contribution in [2.45, 2.75) is 118 Å². The van der Waals surface area contributed by atoms with Gasteiger partial charge in [-0.3, -0.25) is 19.3 Å². The van der Waals surface area contributed by atoms with Crippen LogP contribution in [0.25, 0.3) is 0 Å². The molecule has 0 aromatic heterocycles. The van der Waals surface area contributed by atoms with Crippen LogP contribution in [0.2, 0.25) is 0 Å². The predicted molar refractivity (Wildman–Crippen MR) is 204 cm³/mol. The molecule has 3 fully saturated rings. The number of nitrogens with one attached hydrogen (secondary N) is 4. The lowest BCUT2D eigenvalue weighted by molar-refractivity contribution is -0.141. The minimum Gasteiger partial charge on any atom is -0.446 e. The first-order chi connectivity index (χ1) is 27.4. The van der Waals surface area contributed by atoms with Crippen LogP contribution in [0.3, 0.4) is 0 Å². The summed E-state index contributed by atoms with van der Waals surface area (Å²) in [5.41, 5.74) is -0.351. The molecule has 306 valence electrons. The van der Waals surface area contributed by atoms with E-state index in [4.69, 9.17) is 9.47 Å². The van der Waals surface area contributed by atoms with Crippen molar-refractivity contribution in [1.82, 2.24) is 25.2 Å². The van der Waals surface area contributed by atoms with Gasteiger partial charge in [-0.1, -0.05) is 56.0 Å². The molecule has 1 spiro atoms. The van der Waals surface area contributed by atoms with Crippen LogP contribution in [0.15, 0.2) is 60.0 Å². The van der Waals surface area contributed by atoms with E-state index in [1.54, 1.807) is 30.3 Å². The molecule has 5 aliphatic rings. The first-order valence-corrected chi connectivity index (χ1v) is 21.2. The molecule has 2 aromatic carbocycles. The zero-order valence-electron chi connectivity index (χ0n) is 31.7. The van der Waals surface area contributed by atoms with Crippen molar-refractivity contribution < 1.29 is 46.3 Å². The molecule has 4 N–H and O–H groups in total. The van der Waals surface area contributed by atoms with Crippen LogP contribution < -0.4 is 20.7 Å². The maximum atomic E-state index is 14.5. The summed E-state index contributed by atoms with van der Waals surface area (Å²) in [4.78, 5) is 71.7. The van der Waals surface area contributed by atoms with Gasteiger partial charge in [0.1, 0.15) is 40.5 Å². The van der Waals surface area contributed by atoms with Crippen molar-refractivity contribution in [3.63, 3.8) is 0 Å². The highest BCUT2D eigenvalue weighted by Crippen LogP contribution is 2.45. The van der Waals surface area contributed by atoms with Gasteiger partial charge in [0.15, 0.2) is 0 Å². The van der Waals surface area contributed by atoms with Gasteiger partial charge in [0.2, 0.25) is 11.8 Å². The van der Waals surface area contributed by atoms with Crippen LogP contribution in [0.4, 0.5) is 19.7 Å². The predicted octanol–water partition coefficient (Wildman–Crippen LogP) is 4.23. The Morgan fingerprint density at radius 2 is 1.70 bits per heavy atom. The lowest BCUT2D eigenvalue weighted by Gasteiger charge is -2.31. The Labute approximate surface area is 331 Å². The van der Waals surface area contributed by atoms with Crippen LogP contribution >= 0.6 is 0 Å². The number of benzene rings is 2. The fourth-order valence-electron chi connectivity index (χ4n) is 8.06. The number of halogens is 1. The minimum atomic E-state index is -4.41. The molecule has 5 amide bonds. The third-order valence-corrected chi connectivity index (χ3v) is 13.0. The topological polar surface area (TPSA) is 193 Å². The van der Waals surface area contributed by atoms with Crippen molar-refractivity contribution in [3.05, 3.63) is 72.1 Å². The van der Waals surface area contributed by atoms with E-state index in [0.29, 0.717) is 29.8 Å². The molecule has 0 unspecified atom stereocenters. The lowest BCUT2D eigenvalue weighted by atomic mass is 9.96. The summed E-state index contributed by atoms with van der Waals surface area (Å²) in [7, 11) is -4.41. The molecule has 2 aliphatic carbocycles. The van der Waals surface area contributed by atoms with Crippen LogP contribution in [-0.2, 0) is 47.0 Å². The molecule has 1 saturated heterocycles.